The van der Waals surface area contributed by atoms with Crippen molar-refractivity contribution in [3.8, 4) is 11.8 Å². The van der Waals surface area contributed by atoms with Crippen LogP contribution in [-0.4, -0.2) is 12.4 Å². The molecular weight excluding hydrogens is 214 g/mol. The van der Waals surface area contributed by atoms with Gasteiger partial charge in [0.05, 0.1) is 17.2 Å². The lowest BCUT2D eigenvalue weighted by atomic mass is 10.1. The van der Waals surface area contributed by atoms with Crippen LogP contribution < -0.4 is 4.74 Å². The summed E-state index contributed by atoms with van der Waals surface area (Å²) in [6.45, 7) is 3.59. The van der Waals surface area contributed by atoms with Gasteiger partial charge in [-0.1, -0.05) is 11.6 Å². The lowest BCUT2D eigenvalue weighted by Crippen LogP contribution is -2.03. The van der Waals surface area contributed by atoms with Crippen LogP contribution in [-0.2, 0) is 0 Å². The standard InChI is InChI=1S/C11H10ClNO2/c1-3-15-11-8(7(2)14)4-5-10(12)9(11)6-13/h4-5H,3H2,1-2H3. The van der Waals surface area contributed by atoms with E-state index >= 15 is 0 Å². The molecule has 0 atom stereocenters. The van der Waals surface area contributed by atoms with Gasteiger partial charge in [0.1, 0.15) is 17.4 Å². The van der Waals surface area contributed by atoms with Crippen LogP contribution in [0.4, 0.5) is 0 Å². The van der Waals surface area contributed by atoms with Crippen LogP contribution in [0.15, 0.2) is 12.1 Å². The van der Waals surface area contributed by atoms with Gasteiger partial charge in [-0.05, 0) is 26.0 Å². The summed E-state index contributed by atoms with van der Waals surface area (Å²) in [6, 6.07) is 5.03. The van der Waals surface area contributed by atoms with E-state index in [0.717, 1.165) is 0 Å². The van der Waals surface area contributed by atoms with Crippen LogP contribution in [0.5, 0.6) is 5.75 Å². The third kappa shape index (κ3) is 2.28. The Bertz CT molecular complexity index is 435. The highest BCUT2D eigenvalue weighted by molar-refractivity contribution is 6.32. The number of hydrogen-bond donors (Lipinski definition) is 0. The molecule has 3 nitrogen and oxygen atoms in total. The summed E-state index contributed by atoms with van der Waals surface area (Å²) >= 11 is 5.83. The summed E-state index contributed by atoms with van der Waals surface area (Å²) in [5.74, 6) is 0.131. The number of carbonyl (C=O) groups excluding carboxylic acids is 1. The van der Waals surface area contributed by atoms with Gasteiger partial charge in [-0.2, -0.15) is 5.26 Å². The van der Waals surface area contributed by atoms with Crippen molar-refractivity contribution >= 4 is 17.4 Å². The third-order valence-electron chi connectivity index (χ3n) is 1.89. The Morgan fingerprint density at radius 2 is 2.27 bits per heavy atom. The number of carbonyl (C=O) groups is 1. The second-order valence-corrected chi connectivity index (χ2v) is 3.31. The first-order valence-corrected chi connectivity index (χ1v) is 4.86. The Kier molecular flexibility index (Phi) is 3.70. The van der Waals surface area contributed by atoms with Crippen molar-refractivity contribution < 1.29 is 9.53 Å². The topological polar surface area (TPSA) is 50.1 Å². The maximum Gasteiger partial charge on any atom is 0.163 e. The minimum absolute atomic E-state index is 0.147. The molecule has 0 aliphatic carbocycles. The number of nitriles is 1. The average Bonchev–Trinajstić information content (AvgIpc) is 2.18. The van der Waals surface area contributed by atoms with Crippen molar-refractivity contribution in [2.24, 2.45) is 0 Å². The molecule has 15 heavy (non-hydrogen) atoms. The zero-order valence-corrected chi connectivity index (χ0v) is 9.26. The highest BCUT2D eigenvalue weighted by atomic mass is 35.5. The fraction of sp³-hybridized carbons (Fsp3) is 0.273. The molecule has 0 radical (unpaired) electrons. The van der Waals surface area contributed by atoms with Crippen molar-refractivity contribution in [3.05, 3.63) is 28.3 Å². The second kappa shape index (κ2) is 4.81. The maximum absolute atomic E-state index is 11.3. The van der Waals surface area contributed by atoms with E-state index in [1.54, 1.807) is 13.0 Å². The molecule has 0 amide bonds. The highest BCUT2D eigenvalue weighted by Gasteiger charge is 2.15. The first-order valence-electron chi connectivity index (χ1n) is 4.48. The molecule has 0 bridgehead atoms. The molecule has 78 valence electrons. The number of rotatable bonds is 3. The second-order valence-electron chi connectivity index (χ2n) is 2.90. The molecule has 0 aliphatic heterocycles. The smallest absolute Gasteiger partial charge is 0.163 e. The van der Waals surface area contributed by atoms with Gasteiger partial charge in [0.25, 0.3) is 0 Å². The normalized spacial score (nSPS) is 9.47. The van der Waals surface area contributed by atoms with E-state index in [2.05, 4.69) is 0 Å². The number of benzene rings is 1. The highest BCUT2D eigenvalue weighted by Crippen LogP contribution is 2.30. The fourth-order valence-corrected chi connectivity index (χ4v) is 1.43. The van der Waals surface area contributed by atoms with Crippen LogP contribution in [0.1, 0.15) is 29.8 Å². The molecule has 4 heteroatoms. The Morgan fingerprint density at radius 1 is 1.60 bits per heavy atom. The van der Waals surface area contributed by atoms with Gasteiger partial charge in [-0.15, -0.1) is 0 Å². The van der Waals surface area contributed by atoms with E-state index in [1.165, 1.54) is 13.0 Å². The molecule has 0 aromatic heterocycles. The van der Waals surface area contributed by atoms with Crippen LogP contribution in [0, 0.1) is 11.3 Å². The van der Waals surface area contributed by atoms with Gasteiger partial charge in [0.2, 0.25) is 0 Å². The van der Waals surface area contributed by atoms with Gasteiger partial charge >= 0.3 is 0 Å². The number of ether oxygens (including phenoxy) is 1. The maximum atomic E-state index is 11.3. The van der Waals surface area contributed by atoms with Crippen molar-refractivity contribution in [2.45, 2.75) is 13.8 Å². The molecule has 0 aliphatic rings. The summed E-state index contributed by atoms with van der Waals surface area (Å²) in [6.07, 6.45) is 0. The largest absolute Gasteiger partial charge is 0.492 e. The lowest BCUT2D eigenvalue weighted by molar-refractivity contribution is 0.101. The predicted molar refractivity (Wildman–Crippen MR) is 57.3 cm³/mol. The van der Waals surface area contributed by atoms with Gasteiger partial charge in [0, 0.05) is 0 Å². The van der Waals surface area contributed by atoms with Gasteiger partial charge < -0.3 is 4.74 Å². The molecule has 0 spiro atoms. The molecule has 0 fully saturated rings. The number of Topliss-reactive ketones (excluding diaryl/α,β-unsaturated/α-hetero) is 1. The van der Waals surface area contributed by atoms with E-state index in [1.807, 2.05) is 6.07 Å². The van der Waals surface area contributed by atoms with E-state index in [-0.39, 0.29) is 17.1 Å². The van der Waals surface area contributed by atoms with Crippen molar-refractivity contribution in [3.63, 3.8) is 0 Å². The number of ketones is 1. The molecule has 0 heterocycles. The van der Waals surface area contributed by atoms with Crippen LogP contribution in [0.2, 0.25) is 5.02 Å². The third-order valence-corrected chi connectivity index (χ3v) is 2.20. The monoisotopic (exact) mass is 223 g/mol. The molecule has 1 rings (SSSR count). The Balaban J connectivity index is 3.43. The molecule has 0 N–H and O–H groups in total. The van der Waals surface area contributed by atoms with Crippen LogP contribution in [0.3, 0.4) is 0 Å². The number of halogens is 1. The van der Waals surface area contributed by atoms with Crippen molar-refractivity contribution in [1.82, 2.24) is 0 Å². The molecule has 1 aromatic carbocycles. The summed E-state index contributed by atoms with van der Waals surface area (Å²) in [7, 11) is 0. The number of nitrogens with zero attached hydrogens (tertiary/aromatic N) is 1. The van der Waals surface area contributed by atoms with Gasteiger partial charge in [0.15, 0.2) is 5.78 Å². The molecule has 0 saturated heterocycles. The Morgan fingerprint density at radius 3 is 2.73 bits per heavy atom. The molecule has 0 unspecified atom stereocenters. The van der Waals surface area contributed by atoms with E-state index in [4.69, 9.17) is 21.6 Å². The first kappa shape index (κ1) is 11.5. The predicted octanol–water partition coefficient (Wildman–Crippen LogP) is 2.81. The summed E-state index contributed by atoms with van der Waals surface area (Å²) in [5.41, 5.74) is 0.601. The zero-order valence-electron chi connectivity index (χ0n) is 8.50. The lowest BCUT2D eigenvalue weighted by Gasteiger charge is -2.10. The summed E-state index contributed by atoms with van der Waals surface area (Å²) < 4.78 is 5.27. The quantitative estimate of drug-likeness (QED) is 0.741. The first-order chi connectivity index (χ1) is 7.11. The molecular formula is C11H10ClNO2. The minimum atomic E-state index is -0.147. The SMILES string of the molecule is CCOc1c(C(C)=O)ccc(Cl)c1C#N. The van der Waals surface area contributed by atoms with Gasteiger partial charge in [-0.3, -0.25) is 4.79 Å². The zero-order chi connectivity index (χ0) is 11.4. The summed E-state index contributed by atoms with van der Waals surface area (Å²) in [4.78, 5) is 11.3. The molecule has 1 aromatic rings. The van der Waals surface area contributed by atoms with E-state index < -0.39 is 0 Å². The fourth-order valence-electron chi connectivity index (χ4n) is 1.23. The van der Waals surface area contributed by atoms with E-state index in [9.17, 15) is 4.79 Å². The van der Waals surface area contributed by atoms with Crippen LogP contribution >= 0.6 is 11.6 Å². The van der Waals surface area contributed by atoms with Gasteiger partial charge in [-0.25, -0.2) is 0 Å². The summed E-state index contributed by atoms with van der Waals surface area (Å²) in [5, 5.41) is 9.20. The minimum Gasteiger partial charge on any atom is -0.492 e. The van der Waals surface area contributed by atoms with Crippen LogP contribution in [0.25, 0.3) is 0 Å². The average molecular weight is 224 g/mol. The van der Waals surface area contributed by atoms with E-state index in [0.29, 0.717) is 17.2 Å². The molecule has 0 saturated carbocycles. The van der Waals surface area contributed by atoms with Crippen molar-refractivity contribution in [1.29, 1.82) is 5.26 Å². The van der Waals surface area contributed by atoms with Crippen molar-refractivity contribution in [2.75, 3.05) is 6.61 Å². The Hall–Kier alpha value is -1.53. The Labute approximate surface area is 93.2 Å². The number of hydrogen-bond acceptors (Lipinski definition) is 3.